The number of aromatic amines is 2. The molecule has 3 rings (SSSR count). The third-order valence-electron chi connectivity index (χ3n) is 3.62. The normalized spacial score (nSPS) is 14.3. The van der Waals surface area contributed by atoms with Crippen LogP contribution in [0.25, 0.3) is 5.70 Å². The van der Waals surface area contributed by atoms with Gasteiger partial charge in [-0.1, -0.05) is 24.3 Å². The van der Waals surface area contributed by atoms with Crippen LogP contribution in [0.3, 0.4) is 0 Å². The molecule has 0 spiro atoms. The van der Waals surface area contributed by atoms with Crippen LogP contribution in [0.5, 0.6) is 5.88 Å². The van der Waals surface area contributed by atoms with E-state index in [0.29, 0.717) is 11.1 Å². The lowest BCUT2D eigenvalue weighted by Crippen LogP contribution is -2.27. The molecule has 1 amide bonds. The second-order valence-electron chi connectivity index (χ2n) is 5.05. The van der Waals surface area contributed by atoms with Gasteiger partial charge in [0.2, 0.25) is 5.88 Å². The van der Waals surface area contributed by atoms with E-state index in [-0.39, 0.29) is 22.5 Å². The quantitative estimate of drug-likeness (QED) is 0.434. The average molecular weight is 337 g/mol. The molecule has 1 aromatic heterocycles. The number of hydrogen-bond acceptors (Lipinski definition) is 6. The fraction of sp³-hybridized carbons (Fsp3) is 0.0625. The Morgan fingerprint density at radius 3 is 2.52 bits per heavy atom. The molecular weight excluding hydrogens is 326 g/mol. The van der Waals surface area contributed by atoms with E-state index in [1.807, 2.05) is 4.98 Å². The second kappa shape index (κ2) is 5.93. The Morgan fingerprint density at radius 1 is 1.24 bits per heavy atom. The van der Waals surface area contributed by atoms with E-state index in [1.165, 1.54) is 7.05 Å². The largest absolute Gasteiger partial charge is 0.494 e. The summed E-state index contributed by atoms with van der Waals surface area (Å²) in [4.78, 5) is 43.6. The van der Waals surface area contributed by atoms with Gasteiger partial charge in [0.15, 0.2) is 0 Å². The van der Waals surface area contributed by atoms with Gasteiger partial charge < -0.3 is 10.4 Å². The number of nitrogens with zero attached hydrogens (tertiary/aromatic N) is 2. The number of aliphatic imine (C=N–C) groups is 1. The van der Waals surface area contributed by atoms with E-state index in [2.05, 4.69) is 15.3 Å². The van der Waals surface area contributed by atoms with Crippen molar-refractivity contribution in [3.05, 3.63) is 67.4 Å². The number of H-pyrrole nitrogens is 2. The molecule has 0 unspecified atom stereocenters. The van der Waals surface area contributed by atoms with Gasteiger partial charge in [0.05, 0.1) is 11.4 Å². The Labute approximate surface area is 140 Å². The number of likely N-dealkylation sites (N-methyl/N-ethyl adjacent to an activating group) is 1. The van der Waals surface area contributed by atoms with Crippen LogP contribution in [0.15, 0.2) is 44.4 Å². The monoisotopic (exact) mass is 337 g/mol. The summed E-state index contributed by atoms with van der Waals surface area (Å²) in [7, 11) is 1.38. The summed E-state index contributed by atoms with van der Waals surface area (Å²) < 4.78 is 0. The van der Waals surface area contributed by atoms with Gasteiger partial charge in [0.1, 0.15) is 17.2 Å². The maximum Gasteiger partial charge on any atom is 0.328 e. The van der Waals surface area contributed by atoms with Crippen LogP contribution in [-0.2, 0) is 4.79 Å². The molecule has 2 aromatic rings. The topological polar surface area (TPSA) is 151 Å². The van der Waals surface area contributed by atoms with E-state index in [1.54, 1.807) is 30.3 Å². The number of nitrogens with one attached hydrogen (secondary N) is 3. The number of rotatable bonds is 2. The van der Waals surface area contributed by atoms with Crippen molar-refractivity contribution >= 4 is 17.3 Å². The summed E-state index contributed by atoms with van der Waals surface area (Å²) in [5, 5.41) is 21.6. The zero-order valence-corrected chi connectivity index (χ0v) is 12.9. The number of carbonyl (C=O) groups is 1. The Bertz CT molecular complexity index is 1110. The number of aromatic hydroxyl groups is 1. The van der Waals surface area contributed by atoms with E-state index in [4.69, 9.17) is 0 Å². The molecule has 1 aliphatic heterocycles. The van der Waals surface area contributed by atoms with Crippen LogP contribution >= 0.6 is 0 Å². The molecule has 25 heavy (non-hydrogen) atoms. The van der Waals surface area contributed by atoms with Crippen molar-refractivity contribution in [3.63, 3.8) is 0 Å². The fourth-order valence-electron chi connectivity index (χ4n) is 2.54. The van der Waals surface area contributed by atoms with Crippen molar-refractivity contribution in [2.45, 2.75) is 0 Å². The minimum absolute atomic E-state index is 0.0530. The highest BCUT2D eigenvalue weighted by molar-refractivity contribution is 6.23. The minimum atomic E-state index is -0.864. The third-order valence-corrected chi connectivity index (χ3v) is 3.62. The highest BCUT2D eigenvalue weighted by Crippen LogP contribution is 2.33. The Balaban J connectivity index is 2.37. The number of nitriles is 1. The van der Waals surface area contributed by atoms with Crippen LogP contribution in [0.4, 0.5) is 0 Å². The van der Waals surface area contributed by atoms with Crippen molar-refractivity contribution in [2.24, 2.45) is 4.99 Å². The van der Waals surface area contributed by atoms with Crippen molar-refractivity contribution < 1.29 is 9.90 Å². The number of hydrogen-bond donors (Lipinski definition) is 4. The van der Waals surface area contributed by atoms with Crippen LogP contribution in [0, 0.1) is 11.3 Å². The molecule has 4 N–H and O–H groups in total. The lowest BCUT2D eigenvalue weighted by Gasteiger charge is -2.04. The summed E-state index contributed by atoms with van der Waals surface area (Å²) in [6, 6.07) is 8.43. The number of aromatic nitrogens is 2. The molecule has 0 saturated carbocycles. The smallest absolute Gasteiger partial charge is 0.328 e. The fourth-order valence-corrected chi connectivity index (χ4v) is 2.54. The molecule has 0 fully saturated rings. The van der Waals surface area contributed by atoms with E-state index in [0.717, 1.165) is 0 Å². The lowest BCUT2D eigenvalue weighted by atomic mass is 9.99. The highest BCUT2D eigenvalue weighted by atomic mass is 16.3. The highest BCUT2D eigenvalue weighted by Gasteiger charge is 2.29. The standard InChI is InChI=1S/C16H11N5O4/c1-18-13(22)9(6-17)11-7-4-2-3-5-8(7)12(19-11)10-14(23)20-16(25)21-15(10)24/h2-5H,1H3,(H,18,22)(H3,20,21,23,24,25). The molecule has 9 nitrogen and oxygen atoms in total. The molecule has 0 radical (unpaired) electrons. The molecule has 0 saturated heterocycles. The maximum absolute atomic E-state index is 12.1. The van der Waals surface area contributed by atoms with E-state index < -0.39 is 23.0 Å². The molecule has 0 bridgehead atoms. The molecule has 2 heterocycles. The molecule has 0 aliphatic carbocycles. The maximum atomic E-state index is 12.1. The van der Waals surface area contributed by atoms with Crippen molar-refractivity contribution in [2.75, 3.05) is 7.05 Å². The summed E-state index contributed by atoms with van der Waals surface area (Å²) >= 11 is 0. The summed E-state index contributed by atoms with van der Waals surface area (Å²) in [5.74, 6) is -1.28. The van der Waals surface area contributed by atoms with Crippen LogP contribution in [-0.4, -0.2) is 33.7 Å². The predicted molar refractivity (Wildman–Crippen MR) is 88.0 cm³/mol. The van der Waals surface area contributed by atoms with Gasteiger partial charge in [0, 0.05) is 18.2 Å². The van der Waals surface area contributed by atoms with Crippen molar-refractivity contribution in [1.82, 2.24) is 15.3 Å². The molecular formula is C16H11N5O4. The SMILES string of the molecule is CNC(=O)C(C#N)=C1N=C(c2c(O)[nH]c(=O)[nH]c2=O)c2ccccc21. The first-order chi connectivity index (χ1) is 12.0. The van der Waals surface area contributed by atoms with E-state index >= 15 is 0 Å². The number of carbonyl (C=O) groups excluding carboxylic acids is 1. The summed E-state index contributed by atoms with van der Waals surface area (Å²) in [6.45, 7) is 0. The average Bonchev–Trinajstić information content (AvgIpc) is 2.94. The zero-order valence-electron chi connectivity index (χ0n) is 12.9. The first kappa shape index (κ1) is 15.9. The number of fused-ring (bicyclic) bond motifs is 1. The third kappa shape index (κ3) is 2.51. The zero-order chi connectivity index (χ0) is 18.1. The van der Waals surface area contributed by atoms with E-state index in [9.17, 15) is 24.8 Å². The second-order valence-corrected chi connectivity index (χ2v) is 5.05. The Kier molecular flexibility index (Phi) is 3.79. The molecule has 1 aromatic carbocycles. The van der Waals surface area contributed by atoms with Gasteiger partial charge >= 0.3 is 5.69 Å². The lowest BCUT2D eigenvalue weighted by molar-refractivity contribution is -0.116. The first-order valence-electron chi connectivity index (χ1n) is 7.08. The summed E-state index contributed by atoms with van der Waals surface area (Å²) in [6.07, 6.45) is 0. The van der Waals surface area contributed by atoms with Gasteiger partial charge in [-0.2, -0.15) is 5.26 Å². The predicted octanol–water partition coefficient (Wildman–Crippen LogP) is -0.400. The first-order valence-corrected chi connectivity index (χ1v) is 7.08. The van der Waals surface area contributed by atoms with Crippen molar-refractivity contribution in [1.29, 1.82) is 5.26 Å². The molecule has 124 valence electrons. The van der Waals surface area contributed by atoms with Gasteiger partial charge in [-0.3, -0.25) is 19.6 Å². The van der Waals surface area contributed by atoms with Crippen molar-refractivity contribution in [3.8, 4) is 11.9 Å². The molecule has 0 atom stereocenters. The van der Waals surface area contributed by atoms with Gasteiger partial charge in [0.25, 0.3) is 11.5 Å². The summed E-state index contributed by atoms with van der Waals surface area (Å²) in [5.41, 5.74) is -1.15. The van der Waals surface area contributed by atoms with Crippen LogP contribution in [0.2, 0.25) is 0 Å². The molecule has 1 aliphatic rings. The Hall–Kier alpha value is -3.93. The van der Waals surface area contributed by atoms with Gasteiger partial charge in [-0.15, -0.1) is 0 Å². The molecule has 9 heteroatoms. The van der Waals surface area contributed by atoms with Gasteiger partial charge in [-0.25, -0.2) is 9.79 Å². The minimum Gasteiger partial charge on any atom is -0.494 e. The number of benzene rings is 1. The van der Waals surface area contributed by atoms with Gasteiger partial charge in [-0.05, 0) is 0 Å². The van der Waals surface area contributed by atoms with Crippen LogP contribution < -0.4 is 16.6 Å². The number of amides is 1. The Morgan fingerprint density at radius 2 is 1.92 bits per heavy atom. The van der Waals surface area contributed by atoms with Crippen LogP contribution in [0.1, 0.15) is 16.7 Å².